The molecular weight excluding hydrogens is 200 g/mol. The molecule has 0 heterocycles. The zero-order valence-electron chi connectivity index (χ0n) is 10.7. The van der Waals surface area contributed by atoms with Crippen LogP contribution in [0.25, 0.3) is 0 Å². The number of carbonyl (C=O) groups is 1. The molecule has 16 heavy (non-hydrogen) atoms. The molecule has 0 spiro atoms. The first-order chi connectivity index (χ1) is 7.44. The topological polar surface area (TPSA) is 26.3 Å². The standard InChI is InChI=1S/C14H22O2/c1-5-16-12(15)11-9-6-8-7-10(13(8,2)3)14(9,11)4/h8-11H,5-7H2,1-4H3/t8-,9-,10-,11-,14-/m1/s1. The average molecular weight is 222 g/mol. The second-order valence-corrected chi connectivity index (χ2v) is 6.74. The largest absolute Gasteiger partial charge is 0.466 e. The van der Waals surface area contributed by atoms with Crippen molar-refractivity contribution in [2.24, 2.45) is 34.5 Å². The maximum atomic E-state index is 11.9. The highest BCUT2D eigenvalue weighted by Gasteiger charge is 2.78. The molecule has 2 nitrogen and oxygen atoms in total. The minimum Gasteiger partial charge on any atom is -0.466 e. The lowest BCUT2D eigenvalue weighted by Gasteiger charge is -2.59. The molecule has 2 heteroatoms. The lowest BCUT2D eigenvalue weighted by Crippen LogP contribution is -2.52. The predicted octanol–water partition coefficient (Wildman–Crippen LogP) is 2.87. The number of hydrogen-bond donors (Lipinski definition) is 0. The molecule has 90 valence electrons. The second kappa shape index (κ2) is 2.83. The Kier molecular flexibility index (Phi) is 1.88. The number of carbonyl (C=O) groups excluding carboxylic acids is 1. The van der Waals surface area contributed by atoms with Gasteiger partial charge < -0.3 is 4.74 Å². The summed E-state index contributed by atoms with van der Waals surface area (Å²) in [6.45, 7) is 9.51. The summed E-state index contributed by atoms with van der Waals surface area (Å²) in [5.41, 5.74) is 0.733. The Morgan fingerprint density at radius 3 is 2.50 bits per heavy atom. The molecular formula is C14H22O2. The van der Waals surface area contributed by atoms with Crippen molar-refractivity contribution >= 4 is 5.97 Å². The fourth-order valence-corrected chi connectivity index (χ4v) is 4.92. The molecule has 4 aliphatic carbocycles. The van der Waals surface area contributed by atoms with Gasteiger partial charge in [0, 0.05) is 0 Å². The molecule has 0 N–H and O–H groups in total. The van der Waals surface area contributed by atoms with E-state index >= 15 is 0 Å². The van der Waals surface area contributed by atoms with E-state index in [4.69, 9.17) is 4.74 Å². The van der Waals surface area contributed by atoms with E-state index in [1.807, 2.05) is 6.92 Å². The Morgan fingerprint density at radius 1 is 1.31 bits per heavy atom. The summed E-state index contributed by atoms with van der Waals surface area (Å²) >= 11 is 0. The van der Waals surface area contributed by atoms with Crippen molar-refractivity contribution in [2.75, 3.05) is 6.61 Å². The van der Waals surface area contributed by atoms with Crippen LogP contribution in [0.4, 0.5) is 0 Å². The van der Waals surface area contributed by atoms with Crippen LogP contribution in [0.1, 0.15) is 40.5 Å². The van der Waals surface area contributed by atoms with Crippen molar-refractivity contribution in [1.29, 1.82) is 0 Å². The molecule has 0 aliphatic heterocycles. The fourth-order valence-electron chi connectivity index (χ4n) is 4.92. The van der Waals surface area contributed by atoms with E-state index in [-0.39, 0.29) is 17.3 Å². The van der Waals surface area contributed by atoms with Crippen molar-refractivity contribution in [3.05, 3.63) is 0 Å². The molecule has 4 aliphatic rings. The molecule has 0 amide bonds. The van der Waals surface area contributed by atoms with Gasteiger partial charge in [-0.25, -0.2) is 0 Å². The first kappa shape index (κ1) is 10.6. The van der Waals surface area contributed by atoms with Gasteiger partial charge in [-0.2, -0.15) is 0 Å². The second-order valence-electron chi connectivity index (χ2n) is 6.74. The summed E-state index contributed by atoms with van der Waals surface area (Å²) < 4.78 is 5.22. The Hall–Kier alpha value is -0.530. The molecule has 4 fully saturated rings. The third-order valence-corrected chi connectivity index (χ3v) is 6.06. The highest BCUT2D eigenvalue weighted by Crippen LogP contribution is 2.80. The first-order valence-electron chi connectivity index (χ1n) is 6.60. The summed E-state index contributed by atoms with van der Waals surface area (Å²) in [7, 11) is 0. The van der Waals surface area contributed by atoms with Crippen LogP contribution in [0.15, 0.2) is 0 Å². The zero-order valence-corrected chi connectivity index (χ0v) is 10.7. The minimum absolute atomic E-state index is 0.0679. The molecule has 5 atom stereocenters. The Bertz CT molecular complexity index is 347. The number of ether oxygens (including phenoxy) is 1. The zero-order chi connectivity index (χ0) is 11.7. The van der Waals surface area contributed by atoms with E-state index in [0.29, 0.717) is 17.9 Å². The van der Waals surface area contributed by atoms with Gasteiger partial charge in [0.15, 0.2) is 0 Å². The van der Waals surface area contributed by atoms with E-state index in [0.717, 1.165) is 11.8 Å². The van der Waals surface area contributed by atoms with Gasteiger partial charge in [-0.1, -0.05) is 20.8 Å². The lowest BCUT2D eigenvalue weighted by molar-refractivity contribution is -0.147. The number of hydrogen-bond acceptors (Lipinski definition) is 2. The van der Waals surface area contributed by atoms with Crippen LogP contribution < -0.4 is 0 Å². The predicted molar refractivity (Wildman–Crippen MR) is 61.7 cm³/mol. The molecule has 0 unspecified atom stereocenters. The van der Waals surface area contributed by atoms with Gasteiger partial charge in [-0.3, -0.25) is 4.79 Å². The molecule has 4 saturated carbocycles. The van der Waals surface area contributed by atoms with Gasteiger partial charge in [0.25, 0.3) is 0 Å². The van der Waals surface area contributed by atoms with Crippen LogP contribution in [0.2, 0.25) is 0 Å². The highest BCUT2D eigenvalue weighted by molar-refractivity contribution is 5.78. The van der Waals surface area contributed by atoms with Gasteiger partial charge >= 0.3 is 5.97 Å². The van der Waals surface area contributed by atoms with Crippen LogP contribution in [0.3, 0.4) is 0 Å². The van der Waals surface area contributed by atoms with Gasteiger partial charge in [-0.15, -0.1) is 0 Å². The van der Waals surface area contributed by atoms with E-state index in [1.165, 1.54) is 12.8 Å². The van der Waals surface area contributed by atoms with Gasteiger partial charge in [0.1, 0.15) is 0 Å². The summed E-state index contributed by atoms with van der Waals surface area (Å²) in [4.78, 5) is 11.9. The third-order valence-electron chi connectivity index (χ3n) is 6.06. The van der Waals surface area contributed by atoms with Crippen molar-refractivity contribution in [3.63, 3.8) is 0 Å². The molecule has 0 aromatic carbocycles. The van der Waals surface area contributed by atoms with Crippen LogP contribution in [0, 0.1) is 34.5 Å². The summed E-state index contributed by atoms with van der Waals surface area (Å²) in [5.74, 6) is 2.51. The number of esters is 1. The maximum absolute atomic E-state index is 11.9. The normalized spacial score (nSPS) is 51.2. The Morgan fingerprint density at radius 2 is 2.00 bits per heavy atom. The Labute approximate surface area is 97.7 Å². The van der Waals surface area contributed by atoms with Crippen molar-refractivity contribution in [3.8, 4) is 0 Å². The average Bonchev–Trinajstić information content (AvgIpc) is 2.83. The summed E-state index contributed by atoms with van der Waals surface area (Å²) in [5, 5.41) is 0. The lowest BCUT2D eigenvalue weighted by atomic mass is 9.45. The first-order valence-corrected chi connectivity index (χ1v) is 6.60. The molecule has 4 rings (SSSR count). The summed E-state index contributed by atoms with van der Waals surface area (Å²) in [6.07, 6.45) is 2.60. The highest BCUT2D eigenvalue weighted by atomic mass is 16.5. The monoisotopic (exact) mass is 222 g/mol. The van der Waals surface area contributed by atoms with Gasteiger partial charge in [0.2, 0.25) is 0 Å². The van der Waals surface area contributed by atoms with Crippen LogP contribution in [-0.2, 0) is 9.53 Å². The molecule has 0 saturated heterocycles. The molecule has 2 bridgehead atoms. The summed E-state index contributed by atoms with van der Waals surface area (Å²) in [6, 6.07) is 0. The maximum Gasteiger partial charge on any atom is 0.309 e. The van der Waals surface area contributed by atoms with E-state index < -0.39 is 0 Å². The minimum atomic E-state index is 0.0679. The fraction of sp³-hybridized carbons (Fsp3) is 0.929. The third kappa shape index (κ3) is 0.970. The van der Waals surface area contributed by atoms with Gasteiger partial charge in [0.05, 0.1) is 12.5 Å². The van der Waals surface area contributed by atoms with Crippen molar-refractivity contribution in [1.82, 2.24) is 0 Å². The van der Waals surface area contributed by atoms with Crippen molar-refractivity contribution < 1.29 is 9.53 Å². The van der Waals surface area contributed by atoms with Crippen LogP contribution >= 0.6 is 0 Å². The quantitative estimate of drug-likeness (QED) is 0.672. The Balaban J connectivity index is 1.82. The van der Waals surface area contributed by atoms with E-state index in [9.17, 15) is 4.79 Å². The van der Waals surface area contributed by atoms with Crippen LogP contribution in [-0.4, -0.2) is 12.6 Å². The molecule has 0 aromatic heterocycles. The SMILES string of the molecule is CCOC(=O)[C@H]1[C@H]2C[C@@H]3C[C@H](C3(C)C)[C@@]21C. The van der Waals surface area contributed by atoms with E-state index in [1.54, 1.807) is 0 Å². The molecule has 0 aromatic rings. The van der Waals surface area contributed by atoms with Crippen LogP contribution in [0.5, 0.6) is 0 Å². The molecule has 0 radical (unpaired) electrons. The van der Waals surface area contributed by atoms with Crippen molar-refractivity contribution in [2.45, 2.75) is 40.5 Å². The van der Waals surface area contributed by atoms with E-state index in [2.05, 4.69) is 20.8 Å². The smallest absolute Gasteiger partial charge is 0.309 e. The van der Waals surface area contributed by atoms with Gasteiger partial charge in [-0.05, 0) is 48.3 Å². The number of rotatable bonds is 2.